The number of rotatable bonds is 7. The molecule has 12 nitrogen and oxygen atoms in total. The monoisotopic (exact) mass is 692 g/mol. The summed E-state index contributed by atoms with van der Waals surface area (Å²) < 4.78 is 23.8. The van der Waals surface area contributed by atoms with Crippen LogP contribution in [0.4, 0.5) is 0 Å². The maximum absolute atomic E-state index is 14.6. The zero-order valence-corrected chi connectivity index (χ0v) is 28.9. The molecule has 0 bridgehead atoms. The lowest BCUT2D eigenvalue weighted by molar-refractivity contribution is -0.320. The third kappa shape index (κ3) is 5.72. The zero-order valence-electron chi connectivity index (χ0n) is 28.9. The lowest BCUT2D eigenvalue weighted by Crippen LogP contribution is -2.83. The van der Waals surface area contributed by atoms with E-state index in [1.54, 1.807) is 57.2 Å². The van der Waals surface area contributed by atoms with Gasteiger partial charge in [0.25, 0.3) is 0 Å². The lowest BCUT2D eigenvalue weighted by Gasteiger charge is -2.69. The molecule has 1 unspecified atom stereocenters. The van der Waals surface area contributed by atoms with Gasteiger partial charge in [0.05, 0.1) is 17.0 Å². The minimum atomic E-state index is -2.77. The second kappa shape index (κ2) is 13.1. The van der Waals surface area contributed by atoms with Crippen molar-refractivity contribution in [3.8, 4) is 0 Å². The van der Waals surface area contributed by atoms with Gasteiger partial charge in [0, 0.05) is 25.2 Å². The van der Waals surface area contributed by atoms with Crippen molar-refractivity contribution in [1.29, 1.82) is 0 Å². The van der Waals surface area contributed by atoms with E-state index >= 15 is 0 Å². The Kier molecular flexibility index (Phi) is 9.63. The van der Waals surface area contributed by atoms with E-state index in [4.69, 9.17) is 18.9 Å². The molecule has 0 radical (unpaired) electrons. The minimum Gasteiger partial charge on any atom is -0.459 e. The minimum absolute atomic E-state index is 0.119. The quantitative estimate of drug-likeness (QED) is 0.219. The summed E-state index contributed by atoms with van der Waals surface area (Å²) >= 11 is 0. The fourth-order valence-electron chi connectivity index (χ4n) is 9.02. The van der Waals surface area contributed by atoms with E-state index in [1.807, 2.05) is 0 Å². The number of hydrogen-bond acceptors (Lipinski definition) is 12. The van der Waals surface area contributed by atoms with Crippen molar-refractivity contribution >= 4 is 29.7 Å². The molecule has 3 N–H and O–H groups in total. The van der Waals surface area contributed by atoms with Crippen LogP contribution in [0.25, 0.3) is 0 Å². The summed E-state index contributed by atoms with van der Waals surface area (Å²) in [5, 5.41) is 36.7. The highest BCUT2D eigenvalue weighted by atomic mass is 16.6. The number of hydrogen-bond donors (Lipinski definition) is 3. The van der Waals surface area contributed by atoms with Gasteiger partial charge in [-0.25, -0.2) is 9.59 Å². The van der Waals surface area contributed by atoms with Gasteiger partial charge in [0.15, 0.2) is 17.5 Å². The molecular formula is C38H44O12. The Hall–Kier alpha value is -4.39. The Morgan fingerprint density at radius 3 is 1.76 bits per heavy atom. The van der Waals surface area contributed by atoms with E-state index in [-0.39, 0.29) is 17.5 Å². The molecule has 3 fully saturated rings. The number of Topliss-reactive ketones (excluding diaryl/α,β-unsaturated/α-hetero) is 1. The van der Waals surface area contributed by atoms with Gasteiger partial charge >= 0.3 is 23.9 Å². The molecule has 0 aliphatic heterocycles. The molecule has 0 heterocycles. The van der Waals surface area contributed by atoms with Crippen LogP contribution in [0.3, 0.4) is 0 Å². The van der Waals surface area contributed by atoms with Crippen LogP contribution in [0, 0.1) is 28.6 Å². The van der Waals surface area contributed by atoms with Crippen LogP contribution in [0.1, 0.15) is 68.7 Å². The number of carbonyl (C=O) groups is 5. The summed E-state index contributed by atoms with van der Waals surface area (Å²) in [7, 11) is 0. The van der Waals surface area contributed by atoms with Crippen molar-refractivity contribution in [2.75, 3.05) is 0 Å². The Labute approximate surface area is 290 Å². The molecule has 268 valence electrons. The van der Waals surface area contributed by atoms with Crippen molar-refractivity contribution in [2.24, 2.45) is 28.6 Å². The summed E-state index contributed by atoms with van der Waals surface area (Å²) in [5.41, 5.74) is -7.88. The summed E-state index contributed by atoms with van der Waals surface area (Å²) in [6, 6.07) is 15.8. The summed E-state index contributed by atoms with van der Waals surface area (Å²) in [6.45, 7) is 12.2. The van der Waals surface area contributed by atoms with Gasteiger partial charge < -0.3 is 34.3 Å². The van der Waals surface area contributed by atoms with Crippen LogP contribution in [0.5, 0.6) is 0 Å². The molecule has 3 aliphatic carbocycles. The SMILES string of the molecule is C=CC1[C@@H](OC(=O)c2ccccc2)[C@H]2[C@](O)(C(=O)[C@]1(C)O)[C@H](OC(C)=O)C[C@H]1C(C)(C)[C@H](O)[C@H](OC(C)=O)[C@H](OC(=O)c3ccccc3)[C@@]12C. The van der Waals surface area contributed by atoms with E-state index in [0.29, 0.717) is 0 Å². The topological polar surface area (TPSA) is 183 Å². The lowest BCUT2D eigenvalue weighted by atomic mass is 9.38. The second-order valence-corrected chi connectivity index (χ2v) is 14.6. The smallest absolute Gasteiger partial charge is 0.338 e. The molecule has 2 aromatic rings. The number of fused-ring (bicyclic) bond motifs is 3. The summed E-state index contributed by atoms with van der Waals surface area (Å²) in [4.78, 5) is 67.4. The van der Waals surface area contributed by atoms with Gasteiger partial charge in [-0.3, -0.25) is 14.4 Å². The van der Waals surface area contributed by atoms with E-state index in [9.17, 15) is 39.3 Å². The highest BCUT2D eigenvalue weighted by Crippen LogP contribution is 2.67. The van der Waals surface area contributed by atoms with Crippen LogP contribution in [0.2, 0.25) is 0 Å². The fourth-order valence-corrected chi connectivity index (χ4v) is 9.02. The summed E-state index contributed by atoms with van der Waals surface area (Å²) in [5.74, 6) is -8.37. The van der Waals surface area contributed by atoms with Crippen molar-refractivity contribution < 1.29 is 58.2 Å². The fraction of sp³-hybridized carbons (Fsp3) is 0.500. The molecule has 2 aromatic carbocycles. The average molecular weight is 693 g/mol. The number of esters is 4. The Balaban J connectivity index is 1.82. The highest BCUT2D eigenvalue weighted by molar-refractivity contribution is 5.98. The Morgan fingerprint density at radius 2 is 1.28 bits per heavy atom. The molecule has 50 heavy (non-hydrogen) atoms. The maximum Gasteiger partial charge on any atom is 0.338 e. The predicted octanol–water partition coefficient (Wildman–Crippen LogP) is 3.21. The number of aliphatic hydroxyl groups excluding tert-OH is 1. The van der Waals surface area contributed by atoms with Crippen molar-refractivity contribution in [2.45, 2.75) is 89.7 Å². The predicted molar refractivity (Wildman–Crippen MR) is 176 cm³/mol. The van der Waals surface area contributed by atoms with E-state index in [2.05, 4.69) is 6.58 Å². The molecule has 11 atom stereocenters. The molecule has 0 spiro atoms. The number of carbonyl (C=O) groups excluding carboxylic acids is 5. The van der Waals surface area contributed by atoms with Gasteiger partial charge in [-0.1, -0.05) is 63.2 Å². The largest absolute Gasteiger partial charge is 0.459 e. The third-order valence-electron chi connectivity index (χ3n) is 11.2. The molecule has 0 aromatic heterocycles. The molecule has 0 saturated heterocycles. The van der Waals surface area contributed by atoms with Gasteiger partial charge in [0.1, 0.15) is 30.0 Å². The first-order chi connectivity index (χ1) is 23.3. The van der Waals surface area contributed by atoms with Crippen molar-refractivity contribution in [1.82, 2.24) is 0 Å². The molecular weight excluding hydrogens is 648 g/mol. The first-order valence-corrected chi connectivity index (χ1v) is 16.5. The van der Waals surface area contributed by atoms with Crippen LogP contribution in [0.15, 0.2) is 73.3 Å². The second-order valence-electron chi connectivity index (χ2n) is 14.6. The molecule has 12 heteroatoms. The molecule has 0 amide bonds. The van der Waals surface area contributed by atoms with Gasteiger partial charge in [0.2, 0.25) is 0 Å². The molecule has 5 rings (SSSR count). The number of aliphatic hydroxyl groups is 3. The number of ether oxygens (including phenoxy) is 4. The summed E-state index contributed by atoms with van der Waals surface area (Å²) in [6.07, 6.45) is -6.83. The standard InChI is InChI=1S/C38H44O12/c1-8-24-27(49-32(42)22-15-11-9-12-16-22)29-36(6)25(19-26(47-20(2)39)38(29,46)34(44)37(24,7)45)35(4,5)30(41)28(48-21(3)40)31(36)50-33(43)23-17-13-10-14-18-23/h8-18,24-31,41,45-46H,1,19H2,2-7H3/t24?,25-,26+,27+,28-,29+,30+,31-,36-,37+,38-/m0/s1. The first-order valence-electron chi connectivity index (χ1n) is 16.5. The normalized spacial score (nSPS) is 37.3. The maximum atomic E-state index is 14.6. The van der Waals surface area contributed by atoms with Crippen LogP contribution in [-0.2, 0) is 33.3 Å². The van der Waals surface area contributed by atoms with Crippen molar-refractivity contribution in [3.05, 3.63) is 84.4 Å². The van der Waals surface area contributed by atoms with Crippen molar-refractivity contribution in [3.63, 3.8) is 0 Å². The molecule has 3 aliphatic rings. The van der Waals surface area contributed by atoms with Gasteiger partial charge in [-0.2, -0.15) is 0 Å². The first kappa shape index (κ1) is 36.9. The molecule has 3 saturated carbocycles. The Morgan fingerprint density at radius 1 is 0.780 bits per heavy atom. The number of benzene rings is 2. The average Bonchev–Trinajstić information content (AvgIpc) is 3.06. The van der Waals surface area contributed by atoms with Crippen LogP contribution in [-0.4, -0.2) is 86.7 Å². The Bertz CT molecular complexity index is 1670. The van der Waals surface area contributed by atoms with Gasteiger partial charge in [-0.15, -0.1) is 6.58 Å². The van der Waals surface area contributed by atoms with Gasteiger partial charge in [-0.05, 0) is 48.9 Å². The third-order valence-corrected chi connectivity index (χ3v) is 11.2. The number of ketones is 1. The highest BCUT2D eigenvalue weighted by Gasteiger charge is 2.80. The van der Waals surface area contributed by atoms with E-state index < -0.39 is 100.0 Å². The van der Waals surface area contributed by atoms with E-state index in [1.165, 1.54) is 30.3 Å². The zero-order chi connectivity index (χ0) is 37.0. The van der Waals surface area contributed by atoms with Crippen LogP contribution < -0.4 is 0 Å². The van der Waals surface area contributed by atoms with Crippen LogP contribution >= 0.6 is 0 Å². The van der Waals surface area contributed by atoms with E-state index in [0.717, 1.165) is 20.8 Å².